The predicted octanol–water partition coefficient (Wildman–Crippen LogP) is 0.448. The van der Waals surface area contributed by atoms with Gasteiger partial charge in [-0.2, -0.15) is 0 Å². The summed E-state index contributed by atoms with van der Waals surface area (Å²) in [5, 5.41) is 0. The molecule has 0 amide bonds. The van der Waals surface area contributed by atoms with Crippen LogP contribution < -0.4 is 5.73 Å². The highest BCUT2D eigenvalue weighted by atomic mass is 16.7. The zero-order valence-corrected chi connectivity index (χ0v) is 15.3. The third kappa shape index (κ3) is 7.11. The molecule has 0 unspecified atom stereocenters. The summed E-state index contributed by atoms with van der Waals surface area (Å²) in [5.41, 5.74) is 6.12. The van der Waals surface area contributed by atoms with Crippen LogP contribution in [0.25, 0.3) is 0 Å². The Morgan fingerprint density at radius 1 is 1.08 bits per heavy atom. The fraction of sp³-hybridized carbons (Fsp3) is 0.706. The van der Waals surface area contributed by atoms with Gasteiger partial charge in [0.15, 0.2) is 18.5 Å². The van der Waals surface area contributed by atoms with Crippen molar-refractivity contribution < 1.29 is 38.1 Å². The quantitative estimate of drug-likeness (QED) is 0.265. The van der Waals surface area contributed by atoms with Crippen LogP contribution in [0.1, 0.15) is 33.6 Å². The monoisotopic (exact) mass is 373 g/mol. The highest BCUT2D eigenvalue weighted by Crippen LogP contribution is 2.26. The average molecular weight is 373 g/mol. The minimum Gasteiger partial charge on any atom is -0.463 e. The normalized spacial score (nSPS) is 28.1. The van der Waals surface area contributed by atoms with Gasteiger partial charge in [-0.05, 0) is 12.8 Å². The first kappa shape index (κ1) is 22.1. The molecular weight excluding hydrogens is 346 g/mol. The smallest absolute Gasteiger partial charge is 0.303 e. The van der Waals surface area contributed by atoms with Gasteiger partial charge in [0.1, 0.15) is 12.7 Å². The van der Waals surface area contributed by atoms with Crippen LogP contribution in [0.5, 0.6) is 0 Å². The molecule has 2 N–H and O–H groups in total. The summed E-state index contributed by atoms with van der Waals surface area (Å²) < 4.78 is 26.8. The van der Waals surface area contributed by atoms with E-state index in [1.807, 2.05) is 0 Å². The highest BCUT2D eigenvalue weighted by molar-refractivity contribution is 5.67. The summed E-state index contributed by atoms with van der Waals surface area (Å²) in [7, 11) is 0. The second-order valence-electron chi connectivity index (χ2n) is 5.87. The van der Waals surface area contributed by atoms with Crippen molar-refractivity contribution in [3.05, 3.63) is 12.7 Å². The summed E-state index contributed by atoms with van der Waals surface area (Å²) in [5.74, 6) is -1.74. The molecule has 9 nitrogen and oxygen atoms in total. The number of carbonyl (C=O) groups excluding carboxylic acids is 3. The number of hydrogen-bond donors (Lipinski definition) is 1. The maximum absolute atomic E-state index is 11.5. The van der Waals surface area contributed by atoms with Crippen molar-refractivity contribution in [2.45, 2.75) is 64.3 Å². The van der Waals surface area contributed by atoms with Gasteiger partial charge in [0.2, 0.25) is 0 Å². The summed E-state index contributed by atoms with van der Waals surface area (Å²) >= 11 is 0. The number of esters is 3. The zero-order valence-electron chi connectivity index (χ0n) is 15.3. The molecule has 0 radical (unpaired) electrons. The third-order valence-electron chi connectivity index (χ3n) is 3.58. The van der Waals surface area contributed by atoms with Gasteiger partial charge in [0, 0.05) is 20.8 Å². The molecule has 1 fully saturated rings. The molecule has 1 aliphatic rings. The SMILES string of the molecule is C=CCCCO[C@@H]1O[C@H](COC(C)=O)[C@@H](OC(C)=O)[C@H](OC(C)=O)[C@H]1N. The van der Waals surface area contributed by atoms with E-state index in [1.165, 1.54) is 20.8 Å². The van der Waals surface area contributed by atoms with Crippen LogP contribution in [0.4, 0.5) is 0 Å². The predicted molar refractivity (Wildman–Crippen MR) is 89.8 cm³/mol. The molecule has 0 aromatic rings. The summed E-state index contributed by atoms with van der Waals surface area (Å²) in [4.78, 5) is 34.1. The van der Waals surface area contributed by atoms with Gasteiger partial charge in [-0.15, -0.1) is 6.58 Å². The van der Waals surface area contributed by atoms with Gasteiger partial charge < -0.3 is 29.4 Å². The maximum Gasteiger partial charge on any atom is 0.303 e. The second-order valence-corrected chi connectivity index (χ2v) is 5.87. The lowest BCUT2D eigenvalue weighted by Crippen LogP contribution is -2.64. The first-order valence-corrected chi connectivity index (χ1v) is 8.37. The largest absolute Gasteiger partial charge is 0.463 e. The van der Waals surface area contributed by atoms with E-state index in [9.17, 15) is 14.4 Å². The molecule has 148 valence electrons. The molecule has 1 rings (SSSR count). The topological polar surface area (TPSA) is 123 Å². The number of allylic oxidation sites excluding steroid dienone is 1. The Morgan fingerprint density at radius 2 is 1.69 bits per heavy atom. The van der Waals surface area contributed by atoms with Crippen molar-refractivity contribution in [3.63, 3.8) is 0 Å². The number of hydrogen-bond acceptors (Lipinski definition) is 9. The molecule has 5 atom stereocenters. The Balaban J connectivity index is 2.95. The van der Waals surface area contributed by atoms with E-state index in [0.717, 1.165) is 6.42 Å². The lowest BCUT2D eigenvalue weighted by molar-refractivity contribution is -0.273. The fourth-order valence-electron chi connectivity index (χ4n) is 2.51. The van der Waals surface area contributed by atoms with Crippen molar-refractivity contribution in [1.29, 1.82) is 0 Å². The Labute approximate surface area is 152 Å². The molecule has 26 heavy (non-hydrogen) atoms. The Kier molecular flexibility index (Phi) is 9.25. The summed E-state index contributed by atoms with van der Waals surface area (Å²) in [6.45, 7) is 7.43. The lowest BCUT2D eigenvalue weighted by atomic mass is 9.97. The van der Waals surface area contributed by atoms with E-state index in [1.54, 1.807) is 6.08 Å². The number of unbranched alkanes of at least 4 members (excludes halogenated alkanes) is 1. The van der Waals surface area contributed by atoms with Crippen molar-refractivity contribution in [1.82, 2.24) is 0 Å². The molecule has 0 spiro atoms. The molecule has 1 heterocycles. The minimum atomic E-state index is -1.03. The highest BCUT2D eigenvalue weighted by Gasteiger charge is 2.49. The molecule has 1 saturated heterocycles. The van der Waals surface area contributed by atoms with E-state index >= 15 is 0 Å². The Morgan fingerprint density at radius 3 is 2.23 bits per heavy atom. The molecule has 0 bridgehead atoms. The van der Waals surface area contributed by atoms with E-state index in [2.05, 4.69) is 6.58 Å². The lowest BCUT2D eigenvalue weighted by Gasteiger charge is -2.43. The van der Waals surface area contributed by atoms with E-state index in [4.69, 9.17) is 29.4 Å². The maximum atomic E-state index is 11.5. The number of ether oxygens (including phenoxy) is 5. The third-order valence-corrected chi connectivity index (χ3v) is 3.58. The van der Waals surface area contributed by atoms with E-state index in [-0.39, 0.29) is 6.61 Å². The standard InChI is InChI=1S/C17H27NO8/c1-5-6-7-8-22-17-14(18)16(25-12(4)21)15(24-11(3)20)13(26-17)9-23-10(2)19/h5,13-17H,1,6-9,18H2,2-4H3/t13-,14-,15-,16-,17-/m1/s1. The van der Waals surface area contributed by atoms with Crippen LogP contribution in [-0.4, -0.2) is 61.8 Å². The van der Waals surface area contributed by atoms with Gasteiger partial charge in [-0.1, -0.05) is 6.08 Å². The van der Waals surface area contributed by atoms with Crippen LogP contribution in [0, 0.1) is 0 Å². The van der Waals surface area contributed by atoms with E-state index in [0.29, 0.717) is 13.0 Å². The van der Waals surface area contributed by atoms with Crippen LogP contribution in [0.15, 0.2) is 12.7 Å². The van der Waals surface area contributed by atoms with Gasteiger partial charge >= 0.3 is 17.9 Å². The number of carbonyl (C=O) groups is 3. The van der Waals surface area contributed by atoms with Crippen molar-refractivity contribution in [3.8, 4) is 0 Å². The molecule has 1 aliphatic heterocycles. The van der Waals surface area contributed by atoms with Crippen molar-refractivity contribution in [2.75, 3.05) is 13.2 Å². The van der Waals surface area contributed by atoms with Crippen molar-refractivity contribution in [2.24, 2.45) is 5.73 Å². The van der Waals surface area contributed by atoms with Gasteiger partial charge in [-0.25, -0.2) is 0 Å². The number of rotatable bonds is 9. The van der Waals surface area contributed by atoms with Crippen LogP contribution in [0.3, 0.4) is 0 Å². The van der Waals surface area contributed by atoms with Crippen LogP contribution in [0.2, 0.25) is 0 Å². The Hall–Kier alpha value is -1.97. The number of nitrogens with two attached hydrogens (primary N) is 1. The minimum absolute atomic E-state index is 0.204. The van der Waals surface area contributed by atoms with E-state index < -0.39 is 48.6 Å². The van der Waals surface area contributed by atoms with Gasteiger partial charge in [0.05, 0.1) is 12.6 Å². The zero-order chi connectivity index (χ0) is 19.7. The molecule has 9 heteroatoms. The van der Waals surface area contributed by atoms with Crippen LogP contribution in [-0.2, 0) is 38.1 Å². The molecular formula is C17H27NO8. The molecule has 0 aromatic heterocycles. The first-order valence-electron chi connectivity index (χ1n) is 8.37. The molecule has 0 saturated carbocycles. The first-order chi connectivity index (χ1) is 12.3. The summed E-state index contributed by atoms with van der Waals surface area (Å²) in [6, 6.07) is -0.888. The molecule has 0 aromatic carbocycles. The van der Waals surface area contributed by atoms with Crippen LogP contribution >= 0.6 is 0 Å². The Bertz CT molecular complexity index is 509. The van der Waals surface area contributed by atoms with Gasteiger partial charge in [0.25, 0.3) is 0 Å². The molecule has 0 aliphatic carbocycles. The average Bonchev–Trinajstić information content (AvgIpc) is 2.54. The second kappa shape index (κ2) is 10.9. The van der Waals surface area contributed by atoms with Crippen molar-refractivity contribution >= 4 is 17.9 Å². The summed E-state index contributed by atoms with van der Waals surface area (Å²) in [6.07, 6.45) is -0.632. The fourth-order valence-corrected chi connectivity index (χ4v) is 2.51. The van der Waals surface area contributed by atoms with Gasteiger partial charge in [-0.3, -0.25) is 14.4 Å².